The van der Waals surface area contributed by atoms with Crippen LogP contribution >= 0.6 is 11.3 Å². The minimum Gasteiger partial charge on any atom is -0.454 e. The van der Waals surface area contributed by atoms with Crippen LogP contribution in [0.2, 0.25) is 0 Å². The van der Waals surface area contributed by atoms with Gasteiger partial charge in [0.2, 0.25) is 6.79 Å². The van der Waals surface area contributed by atoms with Crippen LogP contribution in [0.3, 0.4) is 0 Å². The van der Waals surface area contributed by atoms with Crippen molar-refractivity contribution in [2.24, 2.45) is 5.16 Å². The first-order valence-electron chi connectivity index (χ1n) is 6.65. The van der Waals surface area contributed by atoms with Gasteiger partial charge in [0.05, 0.1) is 6.21 Å². The third kappa shape index (κ3) is 3.76. The Kier molecular flexibility index (Phi) is 4.55. The van der Waals surface area contributed by atoms with Crippen LogP contribution in [0.25, 0.3) is 0 Å². The molecule has 0 bridgehead atoms. The number of fused-ring (bicyclic) bond motifs is 1. The zero-order chi connectivity index (χ0) is 15.2. The van der Waals surface area contributed by atoms with Gasteiger partial charge in [0.1, 0.15) is 0 Å². The van der Waals surface area contributed by atoms with Gasteiger partial charge in [-0.05, 0) is 29.1 Å². The van der Waals surface area contributed by atoms with E-state index in [2.05, 4.69) is 10.5 Å². The van der Waals surface area contributed by atoms with Gasteiger partial charge in [0.15, 0.2) is 18.1 Å². The number of rotatable bonds is 6. The minimum atomic E-state index is -0.235. The highest BCUT2D eigenvalue weighted by Gasteiger charge is 2.13. The summed E-state index contributed by atoms with van der Waals surface area (Å²) in [5, 5.41) is 8.44. The second kappa shape index (κ2) is 6.95. The molecule has 1 N–H and O–H groups in total. The molecule has 0 saturated heterocycles. The number of amides is 1. The van der Waals surface area contributed by atoms with Crippen molar-refractivity contribution < 1.29 is 19.1 Å². The Balaban J connectivity index is 1.40. The molecule has 0 unspecified atom stereocenters. The molecule has 22 heavy (non-hydrogen) atoms. The van der Waals surface area contributed by atoms with Gasteiger partial charge in [0, 0.05) is 11.4 Å². The van der Waals surface area contributed by atoms with Gasteiger partial charge < -0.3 is 19.6 Å². The highest BCUT2D eigenvalue weighted by molar-refractivity contribution is 7.11. The van der Waals surface area contributed by atoms with Gasteiger partial charge in [-0.1, -0.05) is 17.3 Å². The largest absolute Gasteiger partial charge is 0.454 e. The number of benzene rings is 1. The van der Waals surface area contributed by atoms with Crippen molar-refractivity contribution in [2.45, 2.75) is 6.54 Å². The van der Waals surface area contributed by atoms with Crippen LogP contribution in [0.5, 0.6) is 11.5 Å². The summed E-state index contributed by atoms with van der Waals surface area (Å²) in [7, 11) is 0. The lowest BCUT2D eigenvalue weighted by atomic mass is 10.2. The zero-order valence-electron chi connectivity index (χ0n) is 11.7. The van der Waals surface area contributed by atoms with E-state index in [1.54, 1.807) is 17.6 Å². The van der Waals surface area contributed by atoms with Crippen LogP contribution in [0, 0.1) is 0 Å². The Morgan fingerprint density at radius 1 is 1.36 bits per heavy atom. The fourth-order valence-electron chi connectivity index (χ4n) is 1.85. The summed E-state index contributed by atoms with van der Waals surface area (Å²) in [5.74, 6) is 1.19. The lowest BCUT2D eigenvalue weighted by Crippen LogP contribution is -2.26. The number of carbonyl (C=O) groups is 1. The number of ether oxygens (including phenoxy) is 2. The van der Waals surface area contributed by atoms with Crippen LogP contribution in [0.15, 0.2) is 40.9 Å². The molecule has 1 amide bonds. The fourth-order valence-corrected chi connectivity index (χ4v) is 2.43. The standard InChI is InChI=1S/C15H14N2O4S/c18-15(9-21-17-8-12-2-1-5-22-12)16-7-11-3-4-13-14(6-11)20-10-19-13/h1-6,8H,7,9-10H2,(H,16,18)/b17-8+. The maximum atomic E-state index is 11.6. The van der Waals surface area contributed by atoms with Crippen molar-refractivity contribution in [1.29, 1.82) is 0 Å². The molecule has 1 aromatic carbocycles. The number of carbonyl (C=O) groups excluding carboxylic acids is 1. The average molecular weight is 318 g/mol. The number of nitrogens with one attached hydrogen (secondary N) is 1. The number of oxime groups is 1. The smallest absolute Gasteiger partial charge is 0.261 e. The van der Waals surface area contributed by atoms with Gasteiger partial charge in [-0.3, -0.25) is 4.79 Å². The van der Waals surface area contributed by atoms with E-state index in [1.807, 2.05) is 35.7 Å². The molecule has 0 aliphatic carbocycles. The summed E-state index contributed by atoms with van der Waals surface area (Å²) in [6, 6.07) is 9.38. The molecule has 0 radical (unpaired) electrons. The SMILES string of the molecule is O=C(CO/N=C/c1cccs1)NCc1ccc2c(c1)OCO2. The molecule has 0 fully saturated rings. The zero-order valence-corrected chi connectivity index (χ0v) is 12.5. The second-order valence-corrected chi connectivity index (χ2v) is 5.47. The van der Waals surface area contributed by atoms with Gasteiger partial charge in [0.25, 0.3) is 5.91 Å². The van der Waals surface area contributed by atoms with Crippen LogP contribution in [0.1, 0.15) is 10.4 Å². The summed E-state index contributed by atoms with van der Waals surface area (Å²) >= 11 is 1.55. The predicted molar refractivity (Wildman–Crippen MR) is 82.3 cm³/mol. The molecule has 6 nitrogen and oxygen atoms in total. The summed E-state index contributed by atoms with van der Waals surface area (Å²) in [6.07, 6.45) is 1.58. The Morgan fingerprint density at radius 3 is 3.14 bits per heavy atom. The maximum Gasteiger partial charge on any atom is 0.261 e. The highest BCUT2D eigenvalue weighted by atomic mass is 32.1. The summed E-state index contributed by atoms with van der Waals surface area (Å²) in [4.78, 5) is 17.6. The third-order valence-electron chi connectivity index (χ3n) is 2.92. The quantitative estimate of drug-likeness (QED) is 0.654. The lowest BCUT2D eigenvalue weighted by Gasteiger charge is -2.05. The Bertz CT molecular complexity index is 670. The first-order chi connectivity index (χ1) is 10.8. The number of nitrogens with zero attached hydrogens (tertiary/aromatic N) is 1. The molecule has 7 heteroatoms. The Labute approximate surface area is 131 Å². The van der Waals surface area contributed by atoms with E-state index in [4.69, 9.17) is 14.3 Å². The van der Waals surface area contributed by atoms with Crippen LogP contribution < -0.4 is 14.8 Å². The normalized spacial score (nSPS) is 12.5. The summed E-state index contributed by atoms with van der Waals surface area (Å²) in [6.45, 7) is 0.515. The van der Waals surface area contributed by atoms with E-state index in [0.29, 0.717) is 12.3 Å². The molecule has 2 heterocycles. The second-order valence-electron chi connectivity index (χ2n) is 4.49. The molecule has 3 rings (SSSR count). The van der Waals surface area contributed by atoms with E-state index < -0.39 is 0 Å². The molecule has 1 aliphatic heterocycles. The monoisotopic (exact) mass is 318 g/mol. The number of hydrogen-bond donors (Lipinski definition) is 1. The van der Waals surface area contributed by atoms with E-state index in [-0.39, 0.29) is 19.3 Å². The fraction of sp³-hybridized carbons (Fsp3) is 0.200. The van der Waals surface area contributed by atoms with Crippen molar-refractivity contribution in [3.05, 3.63) is 46.2 Å². The molecule has 0 atom stereocenters. The Hall–Kier alpha value is -2.54. The van der Waals surface area contributed by atoms with Crippen LogP contribution in [-0.4, -0.2) is 25.5 Å². The minimum absolute atomic E-state index is 0.119. The molecule has 0 spiro atoms. The molecular formula is C15H14N2O4S. The molecule has 1 aromatic heterocycles. The molecular weight excluding hydrogens is 304 g/mol. The van der Waals surface area contributed by atoms with Crippen molar-refractivity contribution >= 4 is 23.5 Å². The molecule has 0 saturated carbocycles. The number of hydrogen-bond acceptors (Lipinski definition) is 6. The molecule has 1 aliphatic rings. The summed E-state index contributed by atoms with van der Waals surface area (Å²) in [5.41, 5.74) is 0.930. The van der Waals surface area contributed by atoms with Crippen molar-refractivity contribution in [2.75, 3.05) is 13.4 Å². The van der Waals surface area contributed by atoms with Crippen molar-refractivity contribution in [3.63, 3.8) is 0 Å². The number of thiophene rings is 1. The van der Waals surface area contributed by atoms with Gasteiger partial charge in [-0.2, -0.15) is 0 Å². The first-order valence-corrected chi connectivity index (χ1v) is 7.53. The molecule has 114 valence electrons. The van der Waals surface area contributed by atoms with Crippen molar-refractivity contribution in [3.8, 4) is 11.5 Å². The average Bonchev–Trinajstić information content (AvgIpc) is 3.20. The van der Waals surface area contributed by atoms with Gasteiger partial charge in [-0.25, -0.2) is 0 Å². The van der Waals surface area contributed by atoms with E-state index in [0.717, 1.165) is 16.2 Å². The molecule has 2 aromatic rings. The maximum absolute atomic E-state index is 11.6. The third-order valence-corrected chi connectivity index (χ3v) is 3.73. The van der Waals surface area contributed by atoms with E-state index in [9.17, 15) is 4.79 Å². The van der Waals surface area contributed by atoms with Crippen molar-refractivity contribution in [1.82, 2.24) is 5.32 Å². The highest BCUT2D eigenvalue weighted by Crippen LogP contribution is 2.32. The lowest BCUT2D eigenvalue weighted by molar-refractivity contribution is -0.125. The van der Waals surface area contributed by atoms with E-state index >= 15 is 0 Å². The van der Waals surface area contributed by atoms with Gasteiger partial charge >= 0.3 is 0 Å². The van der Waals surface area contributed by atoms with Crippen LogP contribution in [0.4, 0.5) is 0 Å². The predicted octanol–water partition coefficient (Wildman–Crippen LogP) is 2.14. The van der Waals surface area contributed by atoms with Gasteiger partial charge in [-0.15, -0.1) is 11.3 Å². The van der Waals surface area contributed by atoms with E-state index in [1.165, 1.54) is 0 Å². The topological polar surface area (TPSA) is 69.2 Å². The Morgan fingerprint density at radius 2 is 2.27 bits per heavy atom. The summed E-state index contributed by atoms with van der Waals surface area (Å²) < 4.78 is 10.5. The van der Waals surface area contributed by atoms with Crippen LogP contribution in [-0.2, 0) is 16.2 Å². The first kappa shape index (κ1) is 14.4.